The van der Waals surface area contributed by atoms with Crippen LogP contribution in [0.3, 0.4) is 0 Å². The molecule has 4 atom stereocenters. The van der Waals surface area contributed by atoms with E-state index in [1.54, 1.807) is 24.3 Å². The minimum atomic E-state index is -0.377. The lowest BCUT2D eigenvalue weighted by molar-refractivity contribution is -0.122. The second-order valence-electron chi connectivity index (χ2n) is 7.44. The number of amides is 3. The standard InChI is InChI=1S/C19H22N2O3/c1-11(16-9-12-6-7-13(16)8-12)20-17(22)10-21-18(23)14-4-2-3-5-15(14)19(21)24/h2-5,11-13,16H,6-10H2,1H3,(H,20,22). The van der Waals surface area contributed by atoms with E-state index in [9.17, 15) is 14.4 Å². The van der Waals surface area contributed by atoms with Crippen molar-refractivity contribution >= 4 is 17.7 Å². The lowest BCUT2D eigenvalue weighted by atomic mass is 9.84. The predicted octanol–water partition coefficient (Wildman–Crippen LogP) is 2.22. The first-order chi connectivity index (χ1) is 11.5. The van der Waals surface area contributed by atoms with Crippen molar-refractivity contribution in [2.75, 3.05) is 6.54 Å². The van der Waals surface area contributed by atoms with E-state index in [2.05, 4.69) is 5.32 Å². The fourth-order valence-corrected chi connectivity index (χ4v) is 4.84. The number of nitrogens with zero attached hydrogens (tertiary/aromatic N) is 1. The fourth-order valence-electron chi connectivity index (χ4n) is 4.84. The molecule has 2 bridgehead atoms. The summed E-state index contributed by atoms with van der Waals surface area (Å²) in [5, 5.41) is 3.02. The lowest BCUT2D eigenvalue weighted by Crippen LogP contribution is -2.46. The van der Waals surface area contributed by atoms with Crippen molar-refractivity contribution in [2.45, 2.75) is 38.6 Å². The van der Waals surface area contributed by atoms with Gasteiger partial charge < -0.3 is 5.32 Å². The summed E-state index contributed by atoms with van der Waals surface area (Å²) in [6.45, 7) is 1.85. The number of imide groups is 1. The molecule has 0 spiro atoms. The number of fused-ring (bicyclic) bond motifs is 3. The summed E-state index contributed by atoms with van der Waals surface area (Å²) in [5.41, 5.74) is 0.771. The Bertz CT molecular complexity index is 679. The number of rotatable bonds is 4. The Morgan fingerprint density at radius 2 is 1.83 bits per heavy atom. The molecular formula is C19H22N2O3. The molecule has 2 saturated carbocycles. The normalized spacial score (nSPS) is 29.0. The van der Waals surface area contributed by atoms with Gasteiger partial charge in [-0.3, -0.25) is 19.3 Å². The van der Waals surface area contributed by atoms with Gasteiger partial charge in [0.1, 0.15) is 6.54 Å². The third-order valence-electron chi connectivity index (χ3n) is 6.00. The van der Waals surface area contributed by atoms with Crippen LogP contribution in [0.2, 0.25) is 0 Å². The third-order valence-corrected chi connectivity index (χ3v) is 6.00. The molecule has 1 aromatic rings. The van der Waals surface area contributed by atoms with Crippen LogP contribution in [-0.4, -0.2) is 35.2 Å². The topological polar surface area (TPSA) is 66.5 Å². The third kappa shape index (κ3) is 2.43. The molecule has 3 amide bonds. The Kier molecular flexibility index (Phi) is 3.66. The van der Waals surface area contributed by atoms with Gasteiger partial charge in [0.2, 0.25) is 5.91 Å². The van der Waals surface area contributed by atoms with E-state index in [0.29, 0.717) is 17.0 Å². The Morgan fingerprint density at radius 1 is 1.17 bits per heavy atom. The van der Waals surface area contributed by atoms with Crippen molar-refractivity contribution < 1.29 is 14.4 Å². The molecule has 2 aliphatic carbocycles. The molecule has 24 heavy (non-hydrogen) atoms. The SMILES string of the molecule is CC(NC(=O)CN1C(=O)c2ccccc2C1=O)C1CC2CCC1C2. The molecular weight excluding hydrogens is 304 g/mol. The molecule has 0 radical (unpaired) electrons. The summed E-state index contributed by atoms with van der Waals surface area (Å²) >= 11 is 0. The smallest absolute Gasteiger partial charge is 0.262 e. The molecule has 4 rings (SSSR count). The van der Waals surface area contributed by atoms with Gasteiger partial charge in [-0.25, -0.2) is 0 Å². The van der Waals surface area contributed by atoms with Gasteiger partial charge in [-0.2, -0.15) is 0 Å². The van der Waals surface area contributed by atoms with Gasteiger partial charge in [0.25, 0.3) is 11.8 Å². The van der Waals surface area contributed by atoms with E-state index in [1.165, 1.54) is 25.7 Å². The second-order valence-corrected chi connectivity index (χ2v) is 7.44. The van der Waals surface area contributed by atoms with E-state index < -0.39 is 0 Å². The molecule has 0 saturated heterocycles. The van der Waals surface area contributed by atoms with E-state index in [4.69, 9.17) is 0 Å². The molecule has 126 valence electrons. The predicted molar refractivity (Wildman–Crippen MR) is 88.4 cm³/mol. The highest BCUT2D eigenvalue weighted by Gasteiger charge is 2.42. The first-order valence-corrected chi connectivity index (χ1v) is 8.79. The number of nitrogens with one attached hydrogen (secondary N) is 1. The van der Waals surface area contributed by atoms with Crippen molar-refractivity contribution in [2.24, 2.45) is 17.8 Å². The molecule has 3 aliphatic rings. The maximum absolute atomic E-state index is 12.4. The zero-order valence-corrected chi connectivity index (χ0v) is 13.8. The molecule has 1 N–H and O–H groups in total. The van der Waals surface area contributed by atoms with Crippen LogP contribution in [0.25, 0.3) is 0 Å². The summed E-state index contributed by atoms with van der Waals surface area (Å²) in [6.07, 6.45) is 5.09. The zero-order valence-electron chi connectivity index (χ0n) is 13.8. The zero-order chi connectivity index (χ0) is 16.8. The van der Waals surface area contributed by atoms with Gasteiger partial charge in [0.15, 0.2) is 0 Å². The van der Waals surface area contributed by atoms with Crippen LogP contribution in [0, 0.1) is 17.8 Å². The molecule has 4 unspecified atom stereocenters. The molecule has 5 nitrogen and oxygen atoms in total. The number of hydrogen-bond acceptors (Lipinski definition) is 3. The van der Waals surface area contributed by atoms with Gasteiger partial charge in [-0.1, -0.05) is 18.6 Å². The van der Waals surface area contributed by atoms with Gasteiger partial charge in [0.05, 0.1) is 11.1 Å². The first-order valence-electron chi connectivity index (χ1n) is 8.79. The number of hydrogen-bond donors (Lipinski definition) is 1. The van der Waals surface area contributed by atoms with Crippen LogP contribution in [0.1, 0.15) is 53.3 Å². The molecule has 1 aliphatic heterocycles. The molecule has 2 fully saturated rings. The first kappa shape index (κ1) is 15.4. The van der Waals surface area contributed by atoms with E-state index >= 15 is 0 Å². The summed E-state index contributed by atoms with van der Waals surface area (Å²) in [5.74, 6) is 1.09. The number of benzene rings is 1. The van der Waals surface area contributed by atoms with Crippen molar-refractivity contribution in [1.82, 2.24) is 10.2 Å². The van der Waals surface area contributed by atoms with Gasteiger partial charge in [0, 0.05) is 6.04 Å². The van der Waals surface area contributed by atoms with Gasteiger partial charge >= 0.3 is 0 Å². The largest absolute Gasteiger partial charge is 0.352 e. The summed E-state index contributed by atoms with van der Waals surface area (Å²) in [4.78, 5) is 38.0. The maximum Gasteiger partial charge on any atom is 0.262 e. The Morgan fingerprint density at radius 3 is 2.38 bits per heavy atom. The van der Waals surface area contributed by atoms with Crippen molar-refractivity contribution in [3.63, 3.8) is 0 Å². The fraction of sp³-hybridized carbons (Fsp3) is 0.526. The van der Waals surface area contributed by atoms with Gasteiger partial charge in [-0.05, 0) is 56.1 Å². The highest BCUT2D eigenvalue weighted by atomic mass is 16.2. The minimum absolute atomic E-state index is 0.1000. The summed E-state index contributed by atoms with van der Waals surface area (Å²) in [6, 6.07) is 6.81. The molecule has 1 heterocycles. The highest BCUT2D eigenvalue weighted by molar-refractivity contribution is 6.22. The lowest BCUT2D eigenvalue weighted by Gasteiger charge is -2.29. The molecule has 5 heteroatoms. The van der Waals surface area contributed by atoms with E-state index in [0.717, 1.165) is 16.7 Å². The summed E-state index contributed by atoms with van der Waals surface area (Å²) in [7, 11) is 0. The quantitative estimate of drug-likeness (QED) is 0.863. The van der Waals surface area contributed by atoms with E-state index in [1.807, 2.05) is 6.92 Å². The van der Waals surface area contributed by atoms with Crippen LogP contribution >= 0.6 is 0 Å². The number of carbonyl (C=O) groups excluding carboxylic acids is 3. The van der Waals surface area contributed by atoms with Crippen LogP contribution in [0.5, 0.6) is 0 Å². The Balaban J connectivity index is 1.38. The van der Waals surface area contributed by atoms with Crippen LogP contribution in [-0.2, 0) is 4.79 Å². The van der Waals surface area contributed by atoms with Crippen LogP contribution in [0.15, 0.2) is 24.3 Å². The summed E-state index contributed by atoms with van der Waals surface area (Å²) < 4.78 is 0. The van der Waals surface area contributed by atoms with Crippen molar-refractivity contribution in [3.05, 3.63) is 35.4 Å². The van der Waals surface area contributed by atoms with Crippen molar-refractivity contribution in [1.29, 1.82) is 0 Å². The minimum Gasteiger partial charge on any atom is -0.352 e. The monoisotopic (exact) mass is 326 g/mol. The molecule has 1 aromatic carbocycles. The molecule has 0 aromatic heterocycles. The van der Waals surface area contributed by atoms with Gasteiger partial charge in [-0.15, -0.1) is 0 Å². The average Bonchev–Trinajstić information content (AvgIpc) is 3.26. The Labute approximate surface area is 141 Å². The van der Waals surface area contributed by atoms with Crippen LogP contribution < -0.4 is 5.32 Å². The second kappa shape index (κ2) is 5.72. The Hall–Kier alpha value is -2.17. The number of carbonyl (C=O) groups is 3. The van der Waals surface area contributed by atoms with Crippen molar-refractivity contribution in [3.8, 4) is 0 Å². The highest BCUT2D eigenvalue weighted by Crippen LogP contribution is 2.49. The van der Waals surface area contributed by atoms with E-state index in [-0.39, 0.29) is 30.3 Å². The average molecular weight is 326 g/mol. The maximum atomic E-state index is 12.4. The van der Waals surface area contributed by atoms with Crippen LogP contribution in [0.4, 0.5) is 0 Å².